The van der Waals surface area contributed by atoms with Crippen molar-refractivity contribution in [3.05, 3.63) is 34.9 Å². The molecule has 0 saturated carbocycles. The maximum atomic E-state index is 12.5. The molecule has 1 fully saturated rings. The number of amides is 4. The molecule has 4 N–H and O–H groups in total. The average molecular weight is 451 g/mol. The highest BCUT2D eigenvalue weighted by Gasteiger charge is 2.32. The van der Waals surface area contributed by atoms with Crippen LogP contribution in [0.3, 0.4) is 0 Å². The number of nitrogens with two attached hydrogens (primary N) is 1. The molecule has 4 amide bonds. The first-order valence-electron chi connectivity index (χ1n) is 10.2. The van der Waals surface area contributed by atoms with Gasteiger partial charge in [-0.2, -0.15) is 0 Å². The first-order valence-corrected chi connectivity index (χ1v) is 10.6. The van der Waals surface area contributed by atoms with E-state index in [-0.39, 0.29) is 43.5 Å². The second-order valence-corrected chi connectivity index (χ2v) is 7.78. The zero-order valence-corrected chi connectivity index (χ0v) is 18.0. The maximum Gasteiger partial charge on any atom is 0.243 e. The van der Waals surface area contributed by atoms with E-state index in [1.54, 1.807) is 24.3 Å². The van der Waals surface area contributed by atoms with Crippen molar-refractivity contribution < 1.29 is 24.0 Å². The van der Waals surface area contributed by atoms with Crippen molar-refractivity contribution in [1.82, 2.24) is 15.5 Å². The molecule has 1 aromatic carbocycles. The van der Waals surface area contributed by atoms with Gasteiger partial charge in [-0.15, -0.1) is 0 Å². The monoisotopic (exact) mass is 450 g/mol. The molecule has 1 heterocycles. The van der Waals surface area contributed by atoms with Crippen LogP contribution in [0, 0.1) is 0 Å². The third-order valence-corrected chi connectivity index (χ3v) is 5.23. The lowest BCUT2D eigenvalue weighted by Crippen LogP contribution is -2.54. The molecule has 1 unspecified atom stereocenters. The summed E-state index contributed by atoms with van der Waals surface area (Å²) in [6.07, 6.45) is 2.69. The van der Waals surface area contributed by atoms with Crippen LogP contribution in [0.1, 0.15) is 48.9 Å². The van der Waals surface area contributed by atoms with E-state index >= 15 is 0 Å². The van der Waals surface area contributed by atoms with Gasteiger partial charge in [0.05, 0.1) is 13.1 Å². The van der Waals surface area contributed by atoms with Crippen LogP contribution in [-0.2, 0) is 19.2 Å². The molecule has 1 atom stereocenters. The highest BCUT2D eigenvalue weighted by atomic mass is 35.5. The number of hydrogen-bond acceptors (Lipinski definition) is 5. The molecular weight excluding hydrogens is 424 g/mol. The van der Waals surface area contributed by atoms with Crippen molar-refractivity contribution in [3.8, 4) is 0 Å². The largest absolute Gasteiger partial charge is 0.368 e. The fraction of sp³-hybridized carbons (Fsp3) is 0.476. The van der Waals surface area contributed by atoms with Crippen molar-refractivity contribution in [3.63, 3.8) is 0 Å². The standard InChI is InChI=1S/C21H27ClN4O5/c22-15-9-7-14(8-10-15)17(27)5-3-6-19(29)24-13-20(30)26-11-2-1-4-16(26)21(31)25-12-18(23)28/h7-10,16H,1-6,11-13H2,(H2,23,28)(H,24,29)(H,25,31). The summed E-state index contributed by atoms with van der Waals surface area (Å²) in [5.74, 6) is -1.89. The number of carbonyl (C=O) groups is 5. The zero-order valence-electron chi connectivity index (χ0n) is 17.2. The second kappa shape index (κ2) is 12.0. The number of primary amides is 1. The van der Waals surface area contributed by atoms with Crippen molar-refractivity contribution in [1.29, 1.82) is 0 Å². The Morgan fingerprint density at radius 2 is 1.71 bits per heavy atom. The van der Waals surface area contributed by atoms with Gasteiger partial charge < -0.3 is 21.3 Å². The van der Waals surface area contributed by atoms with Gasteiger partial charge in [0, 0.05) is 30.0 Å². The predicted molar refractivity (Wildman–Crippen MR) is 114 cm³/mol. The predicted octanol–water partition coefficient (Wildman–Crippen LogP) is 0.792. The molecule has 0 aliphatic carbocycles. The number of carbonyl (C=O) groups excluding carboxylic acids is 5. The van der Waals surface area contributed by atoms with Crippen molar-refractivity contribution >= 4 is 41.0 Å². The SMILES string of the molecule is NC(=O)CNC(=O)C1CCCCN1C(=O)CNC(=O)CCCC(=O)c1ccc(Cl)cc1. The molecule has 1 aliphatic heterocycles. The Hall–Kier alpha value is -2.94. The topological polar surface area (TPSA) is 139 Å². The first-order chi connectivity index (χ1) is 14.8. The number of rotatable bonds is 10. The Bertz CT molecular complexity index is 828. The molecule has 2 rings (SSSR count). The van der Waals surface area contributed by atoms with Crippen LogP contribution in [0.2, 0.25) is 5.02 Å². The van der Waals surface area contributed by atoms with E-state index in [0.29, 0.717) is 30.0 Å². The number of benzene rings is 1. The average Bonchev–Trinajstić information content (AvgIpc) is 2.76. The Morgan fingerprint density at radius 1 is 1.00 bits per heavy atom. The minimum atomic E-state index is -0.686. The summed E-state index contributed by atoms with van der Waals surface area (Å²) in [6.45, 7) is -0.120. The number of hydrogen-bond donors (Lipinski definition) is 3. The highest BCUT2D eigenvalue weighted by Crippen LogP contribution is 2.17. The van der Waals surface area contributed by atoms with Crippen LogP contribution < -0.4 is 16.4 Å². The zero-order chi connectivity index (χ0) is 22.8. The molecule has 1 saturated heterocycles. The third-order valence-electron chi connectivity index (χ3n) is 4.97. The summed E-state index contributed by atoms with van der Waals surface area (Å²) in [5, 5.41) is 5.51. The summed E-state index contributed by atoms with van der Waals surface area (Å²) >= 11 is 5.80. The number of ketones is 1. The minimum Gasteiger partial charge on any atom is -0.368 e. The van der Waals surface area contributed by atoms with Gasteiger partial charge in [-0.05, 0) is 49.9 Å². The van der Waals surface area contributed by atoms with E-state index in [1.807, 2.05) is 0 Å². The molecule has 9 nitrogen and oxygen atoms in total. The number of nitrogens with one attached hydrogen (secondary N) is 2. The van der Waals surface area contributed by atoms with E-state index in [2.05, 4.69) is 10.6 Å². The van der Waals surface area contributed by atoms with E-state index in [0.717, 1.165) is 12.8 Å². The molecule has 0 spiro atoms. The Kier molecular flexibility index (Phi) is 9.45. The third kappa shape index (κ3) is 8.01. The van der Waals surface area contributed by atoms with E-state index < -0.39 is 17.9 Å². The lowest BCUT2D eigenvalue weighted by Gasteiger charge is -2.34. The Labute approximate surface area is 185 Å². The van der Waals surface area contributed by atoms with E-state index in [9.17, 15) is 24.0 Å². The van der Waals surface area contributed by atoms with Gasteiger partial charge in [-0.1, -0.05) is 11.6 Å². The smallest absolute Gasteiger partial charge is 0.243 e. The van der Waals surface area contributed by atoms with Gasteiger partial charge in [0.2, 0.25) is 23.6 Å². The number of piperidine rings is 1. The fourth-order valence-electron chi connectivity index (χ4n) is 3.35. The normalized spacial score (nSPS) is 15.8. The summed E-state index contributed by atoms with van der Waals surface area (Å²) in [4.78, 5) is 61.2. The second-order valence-electron chi connectivity index (χ2n) is 7.34. The summed E-state index contributed by atoms with van der Waals surface area (Å²) in [7, 11) is 0. The van der Waals surface area contributed by atoms with Crippen molar-refractivity contribution in [2.75, 3.05) is 19.6 Å². The summed E-state index contributed by atoms with van der Waals surface area (Å²) in [5.41, 5.74) is 5.57. The molecule has 0 radical (unpaired) electrons. The van der Waals surface area contributed by atoms with Crippen LogP contribution in [0.5, 0.6) is 0 Å². The first kappa shape index (κ1) is 24.3. The lowest BCUT2D eigenvalue weighted by molar-refractivity contribution is -0.142. The summed E-state index contributed by atoms with van der Waals surface area (Å²) in [6, 6.07) is 5.86. The number of halogens is 1. The van der Waals surface area contributed by atoms with Crippen molar-refractivity contribution in [2.24, 2.45) is 5.73 Å². The van der Waals surface area contributed by atoms with Gasteiger partial charge in [0.25, 0.3) is 0 Å². The number of Topliss-reactive ketones (excluding diaryl/α,β-unsaturated/α-hetero) is 1. The van der Waals surface area contributed by atoms with Gasteiger partial charge in [-0.25, -0.2) is 0 Å². The van der Waals surface area contributed by atoms with Crippen molar-refractivity contribution in [2.45, 2.75) is 44.6 Å². The number of likely N-dealkylation sites (tertiary alicyclic amines) is 1. The molecule has 0 bridgehead atoms. The summed E-state index contributed by atoms with van der Waals surface area (Å²) < 4.78 is 0. The maximum absolute atomic E-state index is 12.5. The molecular formula is C21H27ClN4O5. The minimum absolute atomic E-state index is 0.0846. The Balaban J connectivity index is 1.74. The van der Waals surface area contributed by atoms with Crippen LogP contribution in [0.4, 0.5) is 0 Å². The molecule has 1 aliphatic rings. The van der Waals surface area contributed by atoms with Gasteiger partial charge in [0.1, 0.15) is 6.04 Å². The van der Waals surface area contributed by atoms with Gasteiger partial charge in [0.15, 0.2) is 5.78 Å². The van der Waals surface area contributed by atoms with Crippen LogP contribution in [0.25, 0.3) is 0 Å². The number of nitrogens with zero attached hydrogens (tertiary/aromatic N) is 1. The lowest BCUT2D eigenvalue weighted by atomic mass is 10.0. The Morgan fingerprint density at radius 3 is 2.39 bits per heavy atom. The molecule has 31 heavy (non-hydrogen) atoms. The van der Waals surface area contributed by atoms with E-state index in [4.69, 9.17) is 17.3 Å². The molecule has 1 aromatic rings. The van der Waals surface area contributed by atoms with E-state index in [1.165, 1.54) is 4.90 Å². The van der Waals surface area contributed by atoms with Gasteiger partial charge >= 0.3 is 0 Å². The molecule has 168 valence electrons. The van der Waals surface area contributed by atoms with Crippen LogP contribution in [-0.4, -0.2) is 60.0 Å². The van der Waals surface area contributed by atoms with Gasteiger partial charge in [-0.3, -0.25) is 24.0 Å². The van der Waals surface area contributed by atoms with Crippen LogP contribution in [0.15, 0.2) is 24.3 Å². The molecule has 0 aromatic heterocycles. The fourth-order valence-corrected chi connectivity index (χ4v) is 3.47. The van der Waals surface area contributed by atoms with Crippen LogP contribution >= 0.6 is 11.6 Å². The highest BCUT2D eigenvalue weighted by molar-refractivity contribution is 6.30. The molecule has 10 heteroatoms. The quantitative estimate of drug-likeness (QED) is 0.452.